The lowest BCUT2D eigenvalue weighted by molar-refractivity contribution is -0.122. The van der Waals surface area contributed by atoms with Crippen molar-refractivity contribution >= 4 is 35.3 Å². The van der Waals surface area contributed by atoms with Crippen molar-refractivity contribution in [2.75, 3.05) is 41.7 Å². The van der Waals surface area contributed by atoms with Gasteiger partial charge in [0.25, 0.3) is 0 Å². The van der Waals surface area contributed by atoms with Crippen molar-refractivity contribution in [3.63, 3.8) is 0 Å². The van der Waals surface area contributed by atoms with Gasteiger partial charge in [-0.15, -0.1) is 0 Å². The van der Waals surface area contributed by atoms with Gasteiger partial charge in [0.05, 0.1) is 5.92 Å². The summed E-state index contributed by atoms with van der Waals surface area (Å²) < 4.78 is 0. The van der Waals surface area contributed by atoms with Crippen LogP contribution in [0.1, 0.15) is 35.2 Å². The van der Waals surface area contributed by atoms with E-state index < -0.39 is 5.91 Å². The zero-order valence-corrected chi connectivity index (χ0v) is 18.1. The molecule has 2 amide bonds. The predicted octanol–water partition coefficient (Wildman–Crippen LogP) is 0.498. The number of hydrogen-bond donors (Lipinski definition) is 5. The average molecular weight is 440 g/mol. The third kappa shape index (κ3) is 5.05. The van der Waals surface area contributed by atoms with Crippen molar-refractivity contribution in [2.24, 2.45) is 17.4 Å². The molecule has 4 rings (SSSR count). The number of carbonyl (C=O) groups is 2. The number of aromatic nitrogens is 3. The second-order valence-corrected chi connectivity index (χ2v) is 8.32. The molecule has 0 aliphatic carbocycles. The molecule has 2 saturated heterocycles. The standard InChI is InChI=1S/C21H29N9O2/c1-12-4-5-13(17(22)31)9-16(12)26-20-27-19(25-15-6-7-24-10-15)28-21(29-20)30-8-2-3-14(11-30)18(23)32/h4-5,9,14-15,24H,2-3,6-8,10-11H2,1H3,(H2,22,31)(H2,23,32)(H2,25,26,27,28,29)/t14?,15-/m1/s1. The molecule has 0 saturated carbocycles. The fraction of sp³-hybridized carbons (Fsp3) is 0.476. The van der Waals surface area contributed by atoms with Gasteiger partial charge in [0, 0.05) is 36.9 Å². The molecule has 0 bridgehead atoms. The number of nitrogens with two attached hydrogens (primary N) is 2. The average Bonchev–Trinajstić information content (AvgIpc) is 3.28. The number of piperidine rings is 1. The van der Waals surface area contributed by atoms with E-state index in [2.05, 4.69) is 30.9 Å². The topological polar surface area (TPSA) is 164 Å². The van der Waals surface area contributed by atoms with Gasteiger partial charge in [0.1, 0.15) is 0 Å². The van der Waals surface area contributed by atoms with Crippen LogP contribution < -0.4 is 32.3 Å². The molecule has 32 heavy (non-hydrogen) atoms. The van der Waals surface area contributed by atoms with E-state index in [1.54, 1.807) is 12.1 Å². The van der Waals surface area contributed by atoms with Gasteiger partial charge in [-0.05, 0) is 50.4 Å². The molecule has 7 N–H and O–H groups in total. The van der Waals surface area contributed by atoms with Crippen molar-refractivity contribution in [3.8, 4) is 0 Å². The van der Waals surface area contributed by atoms with E-state index in [4.69, 9.17) is 11.5 Å². The monoisotopic (exact) mass is 439 g/mol. The van der Waals surface area contributed by atoms with Gasteiger partial charge in [-0.25, -0.2) is 0 Å². The molecule has 0 radical (unpaired) electrons. The summed E-state index contributed by atoms with van der Waals surface area (Å²) in [7, 11) is 0. The number of primary amides is 2. The Hall–Kier alpha value is -3.47. The second-order valence-electron chi connectivity index (χ2n) is 8.32. The Balaban J connectivity index is 1.65. The first-order valence-electron chi connectivity index (χ1n) is 10.8. The molecule has 170 valence electrons. The van der Waals surface area contributed by atoms with Gasteiger partial charge >= 0.3 is 0 Å². The largest absolute Gasteiger partial charge is 0.369 e. The fourth-order valence-electron chi connectivity index (χ4n) is 4.01. The number of amides is 2. The Morgan fingerprint density at radius 1 is 1.16 bits per heavy atom. The van der Waals surface area contributed by atoms with E-state index in [-0.39, 0.29) is 17.9 Å². The van der Waals surface area contributed by atoms with Crippen LogP contribution in [0.25, 0.3) is 0 Å². The van der Waals surface area contributed by atoms with Crippen LogP contribution in [-0.2, 0) is 4.79 Å². The number of rotatable bonds is 7. The zero-order valence-electron chi connectivity index (χ0n) is 18.1. The van der Waals surface area contributed by atoms with Crippen LogP contribution >= 0.6 is 0 Å². The summed E-state index contributed by atoms with van der Waals surface area (Å²) in [5.74, 6) is 0.223. The third-order valence-corrected chi connectivity index (χ3v) is 5.89. The molecular weight excluding hydrogens is 410 g/mol. The van der Waals surface area contributed by atoms with E-state index in [1.165, 1.54) is 0 Å². The van der Waals surface area contributed by atoms with E-state index in [0.717, 1.165) is 44.5 Å². The zero-order chi connectivity index (χ0) is 22.7. The lowest BCUT2D eigenvalue weighted by atomic mass is 9.98. The maximum Gasteiger partial charge on any atom is 0.248 e. The molecule has 11 nitrogen and oxygen atoms in total. The molecule has 3 heterocycles. The molecule has 2 aromatic rings. The van der Waals surface area contributed by atoms with Crippen molar-refractivity contribution in [2.45, 2.75) is 32.2 Å². The molecule has 1 unspecified atom stereocenters. The maximum atomic E-state index is 11.7. The highest BCUT2D eigenvalue weighted by molar-refractivity contribution is 5.94. The summed E-state index contributed by atoms with van der Waals surface area (Å²) in [5.41, 5.74) is 13.0. The molecule has 2 atom stereocenters. The molecule has 2 aliphatic heterocycles. The SMILES string of the molecule is Cc1ccc(C(N)=O)cc1Nc1nc(N[C@@H]2CCNC2)nc(N2CCCC(C(N)=O)C2)n1. The van der Waals surface area contributed by atoms with E-state index >= 15 is 0 Å². The van der Waals surface area contributed by atoms with Gasteiger partial charge < -0.3 is 32.3 Å². The lowest BCUT2D eigenvalue weighted by Crippen LogP contribution is -2.42. The Morgan fingerprint density at radius 3 is 2.69 bits per heavy atom. The minimum atomic E-state index is -0.508. The van der Waals surface area contributed by atoms with Crippen molar-refractivity contribution in [3.05, 3.63) is 29.3 Å². The van der Waals surface area contributed by atoms with Crippen LogP contribution in [0, 0.1) is 12.8 Å². The molecule has 0 spiro atoms. The third-order valence-electron chi connectivity index (χ3n) is 5.89. The van der Waals surface area contributed by atoms with Crippen molar-refractivity contribution in [1.29, 1.82) is 0 Å². The highest BCUT2D eigenvalue weighted by atomic mass is 16.1. The van der Waals surface area contributed by atoms with Gasteiger partial charge in [0.2, 0.25) is 29.7 Å². The van der Waals surface area contributed by atoms with Gasteiger partial charge in [-0.3, -0.25) is 9.59 Å². The van der Waals surface area contributed by atoms with Crippen LogP contribution in [0.3, 0.4) is 0 Å². The molecule has 2 fully saturated rings. The second kappa shape index (κ2) is 9.35. The first-order valence-corrected chi connectivity index (χ1v) is 10.8. The minimum absolute atomic E-state index is 0.220. The van der Waals surface area contributed by atoms with Crippen LogP contribution in [-0.4, -0.2) is 59.0 Å². The Labute approximate surface area is 186 Å². The van der Waals surface area contributed by atoms with Crippen LogP contribution in [0.4, 0.5) is 23.5 Å². The maximum absolute atomic E-state index is 11.7. The van der Waals surface area contributed by atoms with E-state index in [9.17, 15) is 9.59 Å². The molecule has 1 aromatic carbocycles. The lowest BCUT2D eigenvalue weighted by Gasteiger charge is -2.31. The molecule has 11 heteroatoms. The molecule has 2 aliphatic rings. The summed E-state index contributed by atoms with van der Waals surface area (Å²) in [6, 6.07) is 5.40. The Kier molecular flexibility index (Phi) is 6.35. The van der Waals surface area contributed by atoms with Gasteiger partial charge in [0.15, 0.2) is 0 Å². The highest BCUT2D eigenvalue weighted by Gasteiger charge is 2.27. The van der Waals surface area contributed by atoms with Crippen LogP contribution in [0.15, 0.2) is 18.2 Å². The predicted molar refractivity (Wildman–Crippen MR) is 122 cm³/mol. The number of aryl methyl sites for hydroxylation is 1. The normalized spacial score (nSPS) is 20.7. The number of nitrogens with one attached hydrogen (secondary N) is 3. The first-order chi connectivity index (χ1) is 15.4. The molecule has 1 aromatic heterocycles. The Bertz CT molecular complexity index is 1010. The van der Waals surface area contributed by atoms with Gasteiger partial charge in [-0.1, -0.05) is 6.07 Å². The summed E-state index contributed by atoms with van der Waals surface area (Å²) >= 11 is 0. The number of benzene rings is 1. The smallest absolute Gasteiger partial charge is 0.248 e. The fourth-order valence-corrected chi connectivity index (χ4v) is 4.01. The number of carbonyl (C=O) groups excluding carboxylic acids is 2. The van der Waals surface area contributed by atoms with Crippen LogP contribution in [0.2, 0.25) is 0 Å². The quantitative estimate of drug-likeness (QED) is 0.413. The number of nitrogens with zero attached hydrogens (tertiary/aromatic N) is 4. The van der Waals surface area contributed by atoms with E-state index in [0.29, 0.717) is 35.6 Å². The summed E-state index contributed by atoms with van der Waals surface area (Å²) in [6.45, 7) is 4.89. The Morgan fingerprint density at radius 2 is 1.97 bits per heavy atom. The number of anilines is 4. The summed E-state index contributed by atoms with van der Waals surface area (Å²) in [5, 5.41) is 9.88. The van der Waals surface area contributed by atoms with Gasteiger partial charge in [-0.2, -0.15) is 15.0 Å². The summed E-state index contributed by atoms with van der Waals surface area (Å²) in [4.78, 5) is 39.1. The summed E-state index contributed by atoms with van der Waals surface area (Å²) in [6.07, 6.45) is 2.56. The minimum Gasteiger partial charge on any atom is -0.369 e. The first kappa shape index (κ1) is 21.8. The van der Waals surface area contributed by atoms with Crippen molar-refractivity contribution < 1.29 is 9.59 Å². The van der Waals surface area contributed by atoms with Crippen LogP contribution in [0.5, 0.6) is 0 Å². The number of hydrogen-bond acceptors (Lipinski definition) is 9. The highest BCUT2D eigenvalue weighted by Crippen LogP contribution is 2.25. The van der Waals surface area contributed by atoms with Crippen molar-refractivity contribution in [1.82, 2.24) is 20.3 Å². The van der Waals surface area contributed by atoms with E-state index in [1.807, 2.05) is 17.9 Å². The molecular formula is C21H29N9O2.